The molecule has 0 aliphatic heterocycles. The SMILES string of the molecule is COC(=O)C(O)CSc1ccc(C)cc1. The maximum atomic E-state index is 10.9. The average molecular weight is 226 g/mol. The first kappa shape index (κ1) is 12.1. The summed E-state index contributed by atoms with van der Waals surface area (Å²) in [4.78, 5) is 11.9. The van der Waals surface area contributed by atoms with Crippen molar-refractivity contribution in [3.63, 3.8) is 0 Å². The summed E-state index contributed by atoms with van der Waals surface area (Å²) < 4.78 is 4.42. The van der Waals surface area contributed by atoms with Gasteiger partial charge in [-0.15, -0.1) is 11.8 Å². The summed E-state index contributed by atoms with van der Waals surface area (Å²) >= 11 is 1.43. The molecule has 0 amide bonds. The minimum absolute atomic E-state index is 0.315. The van der Waals surface area contributed by atoms with Crippen LogP contribution in [0.25, 0.3) is 0 Å². The third-order valence-corrected chi connectivity index (χ3v) is 2.99. The molecule has 3 nitrogen and oxygen atoms in total. The predicted octanol–water partition coefficient (Wildman–Crippen LogP) is 1.62. The molecule has 0 saturated carbocycles. The second-order valence-corrected chi connectivity index (χ2v) is 4.26. The number of ether oxygens (including phenoxy) is 1. The number of thioether (sulfide) groups is 1. The fourth-order valence-corrected chi connectivity index (χ4v) is 1.83. The van der Waals surface area contributed by atoms with Crippen molar-refractivity contribution in [3.8, 4) is 0 Å². The number of aliphatic hydroxyl groups excluding tert-OH is 1. The molecule has 1 aromatic rings. The number of hydrogen-bond acceptors (Lipinski definition) is 4. The molecule has 0 saturated heterocycles. The summed E-state index contributed by atoms with van der Waals surface area (Å²) in [5, 5.41) is 9.34. The Morgan fingerprint density at radius 2 is 2.07 bits per heavy atom. The monoisotopic (exact) mass is 226 g/mol. The van der Waals surface area contributed by atoms with Gasteiger partial charge in [0.2, 0.25) is 0 Å². The Morgan fingerprint density at radius 3 is 2.60 bits per heavy atom. The number of methoxy groups -OCH3 is 1. The van der Waals surface area contributed by atoms with Crippen LogP contribution in [0.4, 0.5) is 0 Å². The van der Waals surface area contributed by atoms with Crippen molar-refractivity contribution < 1.29 is 14.6 Å². The highest BCUT2D eigenvalue weighted by Gasteiger charge is 2.14. The zero-order chi connectivity index (χ0) is 11.3. The fourth-order valence-electron chi connectivity index (χ4n) is 1.01. The number of benzene rings is 1. The highest BCUT2D eigenvalue weighted by atomic mass is 32.2. The standard InChI is InChI=1S/C11H14O3S/c1-8-3-5-9(6-4-8)15-7-10(12)11(13)14-2/h3-6,10,12H,7H2,1-2H3. The number of carbonyl (C=O) groups is 1. The van der Waals surface area contributed by atoms with Gasteiger partial charge in [0, 0.05) is 10.6 Å². The van der Waals surface area contributed by atoms with Gasteiger partial charge in [-0.1, -0.05) is 17.7 Å². The lowest BCUT2D eigenvalue weighted by Crippen LogP contribution is -2.23. The van der Waals surface area contributed by atoms with Crippen molar-refractivity contribution in [2.75, 3.05) is 12.9 Å². The van der Waals surface area contributed by atoms with E-state index < -0.39 is 12.1 Å². The molecule has 82 valence electrons. The van der Waals surface area contributed by atoms with Gasteiger partial charge < -0.3 is 9.84 Å². The largest absolute Gasteiger partial charge is 0.467 e. The van der Waals surface area contributed by atoms with Crippen LogP contribution in [-0.2, 0) is 9.53 Å². The van der Waals surface area contributed by atoms with Gasteiger partial charge in [0.1, 0.15) is 0 Å². The minimum atomic E-state index is -1.05. The molecule has 0 radical (unpaired) electrons. The van der Waals surface area contributed by atoms with Crippen molar-refractivity contribution in [1.82, 2.24) is 0 Å². The number of carbonyl (C=O) groups excluding carboxylic acids is 1. The molecule has 0 spiro atoms. The Hall–Kier alpha value is -1.00. The fraction of sp³-hybridized carbons (Fsp3) is 0.364. The van der Waals surface area contributed by atoms with E-state index in [9.17, 15) is 9.90 Å². The zero-order valence-corrected chi connectivity index (χ0v) is 9.58. The molecular weight excluding hydrogens is 212 g/mol. The van der Waals surface area contributed by atoms with E-state index >= 15 is 0 Å². The Kier molecular flexibility index (Phi) is 4.65. The van der Waals surface area contributed by atoms with Crippen molar-refractivity contribution in [3.05, 3.63) is 29.8 Å². The van der Waals surface area contributed by atoms with Crippen LogP contribution in [0.15, 0.2) is 29.2 Å². The molecule has 0 aromatic heterocycles. The topological polar surface area (TPSA) is 46.5 Å². The molecule has 0 fully saturated rings. The minimum Gasteiger partial charge on any atom is -0.467 e. The van der Waals surface area contributed by atoms with Crippen LogP contribution in [0.5, 0.6) is 0 Å². The molecule has 4 heteroatoms. The van der Waals surface area contributed by atoms with Crippen molar-refractivity contribution in [2.24, 2.45) is 0 Å². The summed E-state index contributed by atoms with van der Waals surface area (Å²) in [5.74, 6) is -0.273. The number of rotatable bonds is 4. The molecule has 1 rings (SSSR count). The lowest BCUT2D eigenvalue weighted by molar-refractivity contribution is -0.149. The van der Waals surface area contributed by atoms with Gasteiger partial charge >= 0.3 is 5.97 Å². The van der Waals surface area contributed by atoms with Gasteiger partial charge in [-0.3, -0.25) is 0 Å². The van der Waals surface area contributed by atoms with E-state index in [4.69, 9.17) is 0 Å². The quantitative estimate of drug-likeness (QED) is 0.626. The molecule has 1 unspecified atom stereocenters. The van der Waals surface area contributed by atoms with E-state index in [0.717, 1.165) is 4.90 Å². The molecule has 0 bridgehead atoms. The number of aryl methyl sites for hydroxylation is 1. The van der Waals surface area contributed by atoms with Crippen molar-refractivity contribution >= 4 is 17.7 Å². The second-order valence-electron chi connectivity index (χ2n) is 3.16. The van der Waals surface area contributed by atoms with Gasteiger partial charge in [-0.05, 0) is 19.1 Å². The molecule has 15 heavy (non-hydrogen) atoms. The first-order chi connectivity index (χ1) is 7.13. The normalized spacial score (nSPS) is 12.2. The van der Waals surface area contributed by atoms with E-state index in [2.05, 4.69) is 4.74 Å². The molecule has 1 N–H and O–H groups in total. The summed E-state index contributed by atoms with van der Waals surface area (Å²) in [5.41, 5.74) is 1.19. The van der Waals surface area contributed by atoms with Gasteiger partial charge in [0.05, 0.1) is 7.11 Å². The van der Waals surface area contributed by atoms with Crippen LogP contribution in [0, 0.1) is 6.92 Å². The van der Waals surface area contributed by atoms with E-state index in [1.165, 1.54) is 24.4 Å². The van der Waals surface area contributed by atoms with Crippen LogP contribution in [0.3, 0.4) is 0 Å². The summed E-state index contributed by atoms with van der Waals surface area (Å²) in [6, 6.07) is 7.91. The lowest BCUT2D eigenvalue weighted by atomic mass is 10.2. The highest BCUT2D eigenvalue weighted by Crippen LogP contribution is 2.19. The Morgan fingerprint density at radius 1 is 1.47 bits per heavy atom. The summed E-state index contributed by atoms with van der Waals surface area (Å²) in [6.07, 6.45) is -1.05. The first-order valence-electron chi connectivity index (χ1n) is 4.59. The molecule has 0 heterocycles. The lowest BCUT2D eigenvalue weighted by Gasteiger charge is -2.07. The first-order valence-corrected chi connectivity index (χ1v) is 5.57. The van der Waals surface area contributed by atoms with Gasteiger partial charge in [0.25, 0.3) is 0 Å². The van der Waals surface area contributed by atoms with Crippen LogP contribution < -0.4 is 0 Å². The molecule has 1 aromatic carbocycles. The highest BCUT2D eigenvalue weighted by molar-refractivity contribution is 7.99. The van der Waals surface area contributed by atoms with Gasteiger partial charge in [-0.2, -0.15) is 0 Å². The molecule has 0 aliphatic carbocycles. The number of esters is 1. The van der Waals surface area contributed by atoms with Crippen molar-refractivity contribution in [1.29, 1.82) is 0 Å². The van der Waals surface area contributed by atoms with Crippen LogP contribution in [-0.4, -0.2) is 30.0 Å². The Balaban J connectivity index is 2.43. The second kappa shape index (κ2) is 5.78. The van der Waals surface area contributed by atoms with E-state index in [1.807, 2.05) is 31.2 Å². The molecule has 1 atom stereocenters. The third kappa shape index (κ3) is 3.93. The summed E-state index contributed by atoms with van der Waals surface area (Å²) in [6.45, 7) is 2.01. The van der Waals surface area contributed by atoms with Crippen LogP contribution in [0.1, 0.15) is 5.56 Å². The van der Waals surface area contributed by atoms with Gasteiger partial charge in [0.15, 0.2) is 6.10 Å². The number of aliphatic hydroxyl groups is 1. The van der Waals surface area contributed by atoms with Crippen LogP contribution >= 0.6 is 11.8 Å². The summed E-state index contributed by atoms with van der Waals surface area (Å²) in [7, 11) is 1.27. The zero-order valence-electron chi connectivity index (χ0n) is 8.77. The molecule has 0 aliphatic rings. The van der Waals surface area contributed by atoms with Crippen molar-refractivity contribution in [2.45, 2.75) is 17.9 Å². The Bertz CT molecular complexity index is 321. The van der Waals surface area contributed by atoms with E-state index in [0.29, 0.717) is 5.75 Å². The Labute approximate surface area is 93.4 Å². The predicted molar refractivity (Wildman–Crippen MR) is 59.9 cm³/mol. The van der Waals surface area contributed by atoms with Gasteiger partial charge in [-0.25, -0.2) is 4.79 Å². The van der Waals surface area contributed by atoms with Crippen LogP contribution in [0.2, 0.25) is 0 Å². The average Bonchev–Trinajstić information content (AvgIpc) is 2.26. The van der Waals surface area contributed by atoms with E-state index in [1.54, 1.807) is 0 Å². The molecular formula is C11H14O3S. The third-order valence-electron chi connectivity index (χ3n) is 1.90. The number of hydrogen-bond donors (Lipinski definition) is 1. The maximum absolute atomic E-state index is 10.9. The smallest absolute Gasteiger partial charge is 0.335 e. The maximum Gasteiger partial charge on any atom is 0.335 e. The van der Waals surface area contributed by atoms with E-state index in [-0.39, 0.29) is 0 Å².